The quantitative estimate of drug-likeness (QED) is 0.359. The Morgan fingerprint density at radius 2 is 1.81 bits per heavy atom. The number of hydrogen-bond donors (Lipinski definition) is 1. The number of thiol groups is 1. The molecule has 2 aromatic rings. The van der Waals surface area contributed by atoms with Gasteiger partial charge in [0, 0.05) is 15.5 Å². The average molecular weight is 397 g/mol. The molecule has 0 fully saturated rings. The number of Topliss-reactive ketones (excluding diaryl/α,β-unsaturated/α-hetero) is 1. The van der Waals surface area contributed by atoms with Crippen LogP contribution in [0.4, 0.5) is 8.78 Å². The lowest BCUT2D eigenvalue weighted by Gasteiger charge is -2.25. The maximum absolute atomic E-state index is 15.1. The summed E-state index contributed by atoms with van der Waals surface area (Å²) in [7, 11) is -0.903. The van der Waals surface area contributed by atoms with Crippen LogP contribution in [0.15, 0.2) is 40.1 Å². The molecule has 2 rings (SSSR count). The highest BCUT2D eigenvalue weighted by atomic mass is 32.2. The molecule has 0 saturated heterocycles. The fourth-order valence-electron chi connectivity index (χ4n) is 3.03. The predicted molar refractivity (Wildman–Crippen MR) is 110 cm³/mol. The van der Waals surface area contributed by atoms with E-state index in [9.17, 15) is 9.18 Å². The van der Waals surface area contributed by atoms with Crippen LogP contribution in [0.5, 0.6) is 0 Å². The number of thioether (sulfide) groups is 1. The van der Waals surface area contributed by atoms with Crippen LogP contribution >= 0.6 is 22.7 Å². The summed E-state index contributed by atoms with van der Waals surface area (Å²) in [5.41, 5.74) is 1.61. The molecule has 0 N–H and O–H groups in total. The van der Waals surface area contributed by atoms with Crippen LogP contribution in [0.3, 0.4) is 0 Å². The van der Waals surface area contributed by atoms with E-state index in [0.29, 0.717) is 21.1 Å². The van der Waals surface area contributed by atoms with Crippen molar-refractivity contribution in [3.8, 4) is 0 Å². The Morgan fingerprint density at radius 3 is 2.35 bits per heavy atom. The Labute approximate surface area is 161 Å². The third-order valence-corrected chi connectivity index (χ3v) is 7.17. The van der Waals surface area contributed by atoms with Gasteiger partial charge in [0.2, 0.25) is 0 Å². The molecular weight excluding hydrogens is 370 g/mol. The second-order valence-electron chi connectivity index (χ2n) is 7.42. The van der Waals surface area contributed by atoms with Crippen molar-refractivity contribution in [1.29, 1.82) is 0 Å². The highest BCUT2D eigenvalue weighted by Gasteiger charge is 2.23. The lowest BCUT2D eigenvalue weighted by atomic mass is 9.86. The molecule has 1 atom stereocenters. The maximum atomic E-state index is 15.1. The van der Waals surface area contributed by atoms with Gasteiger partial charge < -0.3 is 0 Å². The Hall–Kier alpha value is -1.33. The van der Waals surface area contributed by atoms with Gasteiger partial charge in [0.15, 0.2) is 5.78 Å². The summed E-state index contributed by atoms with van der Waals surface area (Å²) in [5, 5.41) is 0. The average Bonchev–Trinajstić information content (AvgIpc) is 2.54. The van der Waals surface area contributed by atoms with Crippen LogP contribution in [0.2, 0.25) is 0 Å². The molecule has 26 heavy (non-hydrogen) atoms. The standard InChI is InChI=1S/C21H26F2OS2/c1-13(24)18-16(22)8-7-9-17(18)26(6)12-14-10-11-15(21(2,3)4)20(25-5)19(14)23/h7-11,26H,12H2,1-6H3. The molecule has 0 heterocycles. The van der Waals surface area contributed by atoms with E-state index in [1.807, 2.05) is 24.6 Å². The normalized spacial score (nSPS) is 13.6. The predicted octanol–water partition coefficient (Wildman–Crippen LogP) is 6.38. The molecule has 2 aromatic carbocycles. The van der Waals surface area contributed by atoms with Crippen molar-refractivity contribution < 1.29 is 13.6 Å². The van der Waals surface area contributed by atoms with E-state index in [-0.39, 0.29) is 22.6 Å². The third-order valence-electron chi connectivity index (χ3n) is 4.35. The SMILES string of the molecule is CSc1c(C(C)(C)C)ccc(C[SH](C)c2cccc(F)c2C(C)=O)c1F. The zero-order chi connectivity index (χ0) is 19.6. The first-order chi connectivity index (χ1) is 12.1. The number of benzene rings is 2. The van der Waals surface area contributed by atoms with Crippen LogP contribution < -0.4 is 0 Å². The first-order valence-electron chi connectivity index (χ1n) is 8.44. The van der Waals surface area contributed by atoms with E-state index >= 15 is 4.39 Å². The summed E-state index contributed by atoms with van der Waals surface area (Å²) in [6.07, 6.45) is 3.85. The molecule has 0 bridgehead atoms. The number of rotatable bonds is 5. The van der Waals surface area contributed by atoms with Gasteiger partial charge >= 0.3 is 0 Å². The Kier molecular flexibility index (Phi) is 6.56. The number of hydrogen-bond acceptors (Lipinski definition) is 2. The maximum Gasteiger partial charge on any atom is 0.163 e. The molecule has 0 saturated carbocycles. The van der Waals surface area contributed by atoms with Crippen molar-refractivity contribution in [2.45, 2.75) is 48.7 Å². The summed E-state index contributed by atoms with van der Waals surface area (Å²) in [4.78, 5) is 13.2. The summed E-state index contributed by atoms with van der Waals surface area (Å²) in [5.74, 6) is -0.512. The van der Waals surface area contributed by atoms with Gasteiger partial charge in [-0.05, 0) is 48.1 Å². The van der Waals surface area contributed by atoms with Gasteiger partial charge in [-0.1, -0.05) is 39.0 Å². The number of carbonyl (C=O) groups is 1. The zero-order valence-electron chi connectivity index (χ0n) is 16.1. The lowest BCUT2D eigenvalue weighted by molar-refractivity contribution is 0.101. The molecule has 0 spiro atoms. The summed E-state index contributed by atoms with van der Waals surface area (Å²) in [6.45, 7) is 7.58. The van der Waals surface area contributed by atoms with Gasteiger partial charge in [-0.3, -0.25) is 4.79 Å². The minimum atomic E-state index is -0.903. The van der Waals surface area contributed by atoms with E-state index in [1.54, 1.807) is 12.1 Å². The van der Waals surface area contributed by atoms with E-state index < -0.39 is 16.7 Å². The van der Waals surface area contributed by atoms with Crippen LogP contribution in [-0.2, 0) is 11.2 Å². The molecule has 1 nitrogen and oxygen atoms in total. The van der Waals surface area contributed by atoms with Crippen LogP contribution in [0, 0.1) is 11.6 Å². The Balaban J connectivity index is 2.44. The second-order valence-corrected chi connectivity index (χ2v) is 10.4. The topological polar surface area (TPSA) is 17.1 Å². The van der Waals surface area contributed by atoms with Gasteiger partial charge in [-0.25, -0.2) is 19.7 Å². The first-order valence-corrected chi connectivity index (χ1v) is 11.6. The summed E-state index contributed by atoms with van der Waals surface area (Å²) < 4.78 is 29.2. The minimum absolute atomic E-state index is 0.137. The number of carbonyl (C=O) groups excluding carboxylic acids is 1. The van der Waals surface area contributed by atoms with E-state index in [4.69, 9.17) is 0 Å². The number of ketones is 1. The van der Waals surface area contributed by atoms with Gasteiger partial charge in [0.25, 0.3) is 0 Å². The first kappa shape index (κ1) is 21.0. The molecule has 0 aliphatic carbocycles. The van der Waals surface area contributed by atoms with E-state index in [0.717, 1.165) is 5.56 Å². The summed E-state index contributed by atoms with van der Waals surface area (Å²) >= 11 is 1.41. The smallest absolute Gasteiger partial charge is 0.163 e. The fourth-order valence-corrected chi connectivity index (χ4v) is 5.85. The highest BCUT2D eigenvalue weighted by Crippen LogP contribution is 2.42. The molecule has 0 aliphatic heterocycles. The largest absolute Gasteiger partial charge is 0.294 e. The van der Waals surface area contributed by atoms with E-state index in [1.165, 1.54) is 24.8 Å². The van der Waals surface area contributed by atoms with Crippen molar-refractivity contribution in [2.24, 2.45) is 0 Å². The molecule has 5 heteroatoms. The Bertz CT molecular complexity index is 825. The molecule has 1 unspecified atom stereocenters. The fraction of sp³-hybridized carbons (Fsp3) is 0.381. The second kappa shape index (κ2) is 8.13. The molecular formula is C21H26F2OS2. The number of halogens is 2. The lowest BCUT2D eigenvalue weighted by Crippen LogP contribution is -2.14. The molecule has 142 valence electrons. The van der Waals surface area contributed by atoms with Crippen molar-refractivity contribution in [2.75, 3.05) is 12.5 Å². The van der Waals surface area contributed by atoms with Crippen LogP contribution in [0.25, 0.3) is 0 Å². The van der Waals surface area contributed by atoms with Crippen molar-refractivity contribution >= 4 is 28.4 Å². The van der Waals surface area contributed by atoms with Crippen molar-refractivity contribution in [3.05, 3.63) is 58.7 Å². The van der Waals surface area contributed by atoms with Gasteiger partial charge in [-0.15, -0.1) is 11.8 Å². The monoisotopic (exact) mass is 396 g/mol. The zero-order valence-corrected chi connectivity index (χ0v) is 17.8. The molecule has 0 radical (unpaired) electrons. The van der Waals surface area contributed by atoms with E-state index in [2.05, 4.69) is 20.8 Å². The van der Waals surface area contributed by atoms with Crippen LogP contribution in [-0.4, -0.2) is 18.3 Å². The van der Waals surface area contributed by atoms with Crippen LogP contribution in [0.1, 0.15) is 49.2 Å². The van der Waals surface area contributed by atoms with Gasteiger partial charge in [0.05, 0.1) is 5.56 Å². The van der Waals surface area contributed by atoms with Crippen molar-refractivity contribution in [3.63, 3.8) is 0 Å². The third kappa shape index (κ3) is 4.32. The molecule has 0 aliphatic rings. The molecule has 0 amide bonds. The highest BCUT2D eigenvalue weighted by molar-refractivity contribution is 8.15. The summed E-state index contributed by atoms with van der Waals surface area (Å²) in [6, 6.07) is 8.52. The minimum Gasteiger partial charge on any atom is -0.294 e. The van der Waals surface area contributed by atoms with Crippen molar-refractivity contribution in [1.82, 2.24) is 0 Å². The molecule has 0 aromatic heterocycles. The van der Waals surface area contributed by atoms with Gasteiger partial charge in [-0.2, -0.15) is 0 Å². The Morgan fingerprint density at radius 1 is 1.15 bits per heavy atom. The van der Waals surface area contributed by atoms with Gasteiger partial charge in [0.1, 0.15) is 11.6 Å².